The molecule has 0 fully saturated rings. The van der Waals surface area contributed by atoms with E-state index in [0.29, 0.717) is 0 Å². The fourth-order valence-electron chi connectivity index (χ4n) is 2.07. The standard InChI is InChI=1S/C14H17F2N3O2/c15-14(16,11-4-2-1-3-5-11)7-6-12(21)13-17-10-18-19(13)8-9-20/h1-5,10,12,20-21H,6-9H2. The molecule has 2 N–H and O–H groups in total. The van der Waals surface area contributed by atoms with Gasteiger partial charge in [-0.05, 0) is 6.42 Å². The maximum atomic E-state index is 14.0. The van der Waals surface area contributed by atoms with Gasteiger partial charge < -0.3 is 10.2 Å². The summed E-state index contributed by atoms with van der Waals surface area (Å²) in [7, 11) is 0. The van der Waals surface area contributed by atoms with Crippen LogP contribution in [0.1, 0.15) is 30.3 Å². The molecule has 0 aliphatic heterocycles. The Hall–Kier alpha value is -1.86. The highest BCUT2D eigenvalue weighted by atomic mass is 19.3. The van der Waals surface area contributed by atoms with E-state index in [1.165, 1.54) is 23.1 Å². The monoisotopic (exact) mass is 297 g/mol. The van der Waals surface area contributed by atoms with Crippen LogP contribution in [0.3, 0.4) is 0 Å². The molecule has 21 heavy (non-hydrogen) atoms. The third-order valence-corrected chi connectivity index (χ3v) is 3.18. The highest BCUT2D eigenvalue weighted by molar-refractivity contribution is 5.19. The normalized spacial score (nSPS) is 13.3. The van der Waals surface area contributed by atoms with Gasteiger partial charge in [0.05, 0.1) is 13.2 Å². The number of rotatable bonds is 7. The Labute approximate surface area is 120 Å². The molecule has 114 valence electrons. The Kier molecular flexibility index (Phi) is 4.98. The maximum Gasteiger partial charge on any atom is 0.273 e. The molecule has 0 amide bonds. The van der Waals surface area contributed by atoms with Crippen LogP contribution in [0, 0.1) is 0 Å². The number of aliphatic hydroxyl groups excluding tert-OH is 2. The van der Waals surface area contributed by atoms with Gasteiger partial charge in [-0.25, -0.2) is 18.4 Å². The molecular formula is C14H17F2N3O2. The van der Waals surface area contributed by atoms with Gasteiger partial charge in [-0.3, -0.25) is 0 Å². The van der Waals surface area contributed by atoms with Crippen molar-refractivity contribution in [3.63, 3.8) is 0 Å². The molecule has 1 unspecified atom stereocenters. The first-order valence-corrected chi connectivity index (χ1v) is 6.64. The molecule has 1 aromatic heterocycles. The molecule has 0 aliphatic carbocycles. The predicted octanol–water partition coefficient (Wildman–Crippen LogP) is 1.88. The van der Waals surface area contributed by atoms with Crippen LogP contribution in [0.5, 0.6) is 0 Å². The average Bonchev–Trinajstić information content (AvgIpc) is 2.95. The minimum atomic E-state index is -3.01. The topological polar surface area (TPSA) is 71.2 Å². The van der Waals surface area contributed by atoms with Crippen LogP contribution in [0.25, 0.3) is 0 Å². The largest absolute Gasteiger partial charge is 0.394 e. The van der Waals surface area contributed by atoms with Gasteiger partial charge in [0.25, 0.3) is 5.92 Å². The van der Waals surface area contributed by atoms with Crippen molar-refractivity contribution in [1.82, 2.24) is 14.8 Å². The predicted molar refractivity (Wildman–Crippen MR) is 71.6 cm³/mol. The van der Waals surface area contributed by atoms with Gasteiger partial charge >= 0.3 is 0 Å². The molecule has 2 rings (SSSR count). The van der Waals surface area contributed by atoms with Crippen LogP contribution < -0.4 is 0 Å². The molecule has 2 aromatic rings. The Balaban J connectivity index is 2.00. The summed E-state index contributed by atoms with van der Waals surface area (Å²) >= 11 is 0. The summed E-state index contributed by atoms with van der Waals surface area (Å²) in [6.07, 6.45) is -0.562. The Morgan fingerprint density at radius 1 is 1.24 bits per heavy atom. The summed E-state index contributed by atoms with van der Waals surface area (Å²) in [6.45, 7) is 0.00469. The quantitative estimate of drug-likeness (QED) is 0.818. The Bertz CT molecular complexity index is 560. The summed E-state index contributed by atoms with van der Waals surface area (Å²) in [4.78, 5) is 3.85. The molecule has 0 spiro atoms. The van der Waals surface area contributed by atoms with E-state index >= 15 is 0 Å². The third-order valence-electron chi connectivity index (χ3n) is 3.18. The number of nitrogens with zero attached hydrogens (tertiary/aromatic N) is 3. The van der Waals surface area contributed by atoms with Gasteiger partial charge in [0, 0.05) is 12.0 Å². The van der Waals surface area contributed by atoms with Crippen LogP contribution >= 0.6 is 0 Å². The fourth-order valence-corrected chi connectivity index (χ4v) is 2.07. The highest BCUT2D eigenvalue weighted by Gasteiger charge is 2.32. The van der Waals surface area contributed by atoms with Crippen LogP contribution in [-0.4, -0.2) is 31.6 Å². The van der Waals surface area contributed by atoms with Crippen LogP contribution in [0.15, 0.2) is 36.7 Å². The molecule has 5 nitrogen and oxygen atoms in total. The SMILES string of the molecule is OCCn1ncnc1C(O)CCC(F)(F)c1ccccc1. The fraction of sp³-hybridized carbons (Fsp3) is 0.429. The third kappa shape index (κ3) is 3.83. The highest BCUT2D eigenvalue weighted by Crippen LogP contribution is 2.34. The van der Waals surface area contributed by atoms with E-state index in [1.807, 2.05) is 0 Å². The summed E-state index contributed by atoms with van der Waals surface area (Å²) < 4.78 is 29.3. The van der Waals surface area contributed by atoms with Crippen molar-refractivity contribution in [2.45, 2.75) is 31.4 Å². The lowest BCUT2D eigenvalue weighted by molar-refractivity contribution is -0.0275. The molecular weight excluding hydrogens is 280 g/mol. The van der Waals surface area contributed by atoms with Gasteiger partial charge in [-0.1, -0.05) is 30.3 Å². The molecule has 0 aliphatic rings. The number of benzene rings is 1. The average molecular weight is 297 g/mol. The zero-order chi connectivity index (χ0) is 15.3. The Morgan fingerprint density at radius 3 is 2.62 bits per heavy atom. The maximum absolute atomic E-state index is 14.0. The lowest BCUT2D eigenvalue weighted by Crippen LogP contribution is -2.17. The molecule has 0 saturated heterocycles. The Morgan fingerprint density at radius 2 is 1.95 bits per heavy atom. The van der Waals surface area contributed by atoms with Crippen LogP contribution in [0.2, 0.25) is 0 Å². The van der Waals surface area contributed by atoms with Crippen molar-refractivity contribution in [3.05, 3.63) is 48.0 Å². The first-order valence-electron chi connectivity index (χ1n) is 6.64. The number of hydrogen-bond acceptors (Lipinski definition) is 4. The summed E-state index contributed by atoms with van der Waals surface area (Å²) in [5.74, 6) is -2.82. The number of aromatic nitrogens is 3. The van der Waals surface area contributed by atoms with E-state index in [-0.39, 0.29) is 31.0 Å². The summed E-state index contributed by atoms with van der Waals surface area (Å²) in [6, 6.07) is 7.50. The van der Waals surface area contributed by atoms with Crippen molar-refractivity contribution in [3.8, 4) is 0 Å². The van der Waals surface area contributed by atoms with Crippen molar-refractivity contribution in [1.29, 1.82) is 0 Å². The lowest BCUT2D eigenvalue weighted by Gasteiger charge is -2.18. The van der Waals surface area contributed by atoms with Crippen molar-refractivity contribution >= 4 is 0 Å². The van der Waals surface area contributed by atoms with E-state index in [1.54, 1.807) is 18.2 Å². The molecule has 0 saturated carbocycles. The second kappa shape index (κ2) is 6.73. The minimum Gasteiger partial charge on any atom is -0.394 e. The smallest absolute Gasteiger partial charge is 0.273 e. The van der Waals surface area contributed by atoms with Gasteiger partial charge in [0.2, 0.25) is 0 Å². The number of hydrogen-bond donors (Lipinski definition) is 2. The van der Waals surface area contributed by atoms with E-state index in [2.05, 4.69) is 10.1 Å². The first kappa shape index (κ1) is 15.5. The zero-order valence-electron chi connectivity index (χ0n) is 11.4. The van der Waals surface area contributed by atoms with Gasteiger partial charge in [0.1, 0.15) is 12.4 Å². The van der Waals surface area contributed by atoms with Crippen molar-refractivity contribution < 1.29 is 19.0 Å². The number of aliphatic hydroxyl groups is 2. The molecule has 0 radical (unpaired) electrons. The number of alkyl halides is 2. The minimum absolute atomic E-state index is 0.0750. The summed E-state index contributed by atoms with van der Waals surface area (Å²) in [5, 5.41) is 22.7. The molecule has 1 heterocycles. The second-order valence-electron chi connectivity index (χ2n) is 4.69. The van der Waals surface area contributed by atoms with E-state index < -0.39 is 18.4 Å². The van der Waals surface area contributed by atoms with Gasteiger partial charge in [-0.2, -0.15) is 5.10 Å². The van der Waals surface area contributed by atoms with Gasteiger partial charge in [0.15, 0.2) is 5.82 Å². The van der Waals surface area contributed by atoms with Crippen molar-refractivity contribution in [2.75, 3.05) is 6.61 Å². The zero-order valence-corrected chi connectivity index (χ0v) is 11.4. The van der Waals surface area contributed by atoms with Crippen LogP contribution in [-0.2, 0) is 12.5 Å². The molecule has 1 atom stereocenters. The van der Waals surface area contributed by atoms with Crippen LogP contribution in [0.4, 0.5) is 8.78 Å². The van der Waals surface area contributed by atoms with E-state index in [9.17, 15) is 13.9 Å². The molecule has 1 aromatic carbocycles. The second-order valence-corrected chi connectivity index (χ2v) is 4.69. The summed E-state index contributed by atoms with van der Waals surface area (Å²) in [5.41, 5.74) is -0.0750. The lowest BCUT2D eigenvalue weighted by atomic mass is 10.0. The first-order chi connectivity index (χ1) is 10.0. The number of halogens is 2. The van der Waals surface area contributed by atoms with E-state index in [4.69, 9.17) is 5.11 Å². The van der Waals surface area contributed by atoms with Crippen molar-refractivity contribution in [2.24, 2.45) is 0 Å². The molecule has 7 heteroatoms. The molecule has 0 bridgehead atoms. The van der Waals surface area contributed by atoms with E-state index in [0.717, 1.165) is 0 Å². The van der Waals surface area contributed by atoms with Gasteiger partial charge in [-0.15, -0.1) is 0 Å².